The minimum atomic E-state index is -0.362. The van der Waals surface area contributed by atoms with Crippen LogP contribution in [-0.2, 0) is 4.79 Å². The molecule has 0 aliphatic heterocycles. The second kappa shape index (κ2) is 7.55. The predicted molar refractivity (Wildman–Crippen MR) is 110 cm³/mol. The van der Waals surface area contributed by atoms with Gasteiger partial charge in [0.1, 0.15) is 11.6 Å². The molecule has 4 aromatic rings. The van der Waals surface area contributed by atoms with Crippen LogP contribution in [-0.4, -0.2) is 21.8 Å². The molecule has 144 valence electrons. The summed E-state index contributed by atoms with van der Waals surface area (Å²) in [7, 11) is 0. The smallest absolute Gasteiger partial charge is 0.255 e. The predicted octanol–water partition coefficient (Wildman–Crippen LogP) is 4.58. The van der Waals surface area contributed by atoms with E-state index in [1.165, 1.54) is 31.2 Å². The zero-order valence-electron chi connectivity index (χ0n) is 15.5. The second-order valence-electron chi connectivity index (χ2n) is 6.54. The molecular weight excluding hydrogens is 371 g/mol. The summed E-state index contributed by atoms with van der Waals surface area (Å²) < 4.78 is 13.0. The van der Waals surface area contributed by atoms with Gasteiger partial charge in [0.05, 0.1) is 11.0 Å². The molecule has 6 nitrogen and oxygen atoms in total. The van der Waals surface area contributed by atoms with E-state index < -0.39 is 0 Å². The highest BCUT2D eigenvalue weighted by atomic mass is 19.1. The minimum Gasteiger partial charge on any atom is -0.338 e. The number of aromatic amines is 1. The highest BCUT2D eigenvalue weighted by Gasteiger charge is 2.11. The summed E-state index contributed by atoms with van der Waals surface area (Å²) in [6.45, 7) is 1.46. The summed E-state index contributed by atoms with van der Waals surface area (Å²) in [5.74, 6) is -0.132. The molecule has 0 radical (unpaired) electrons. The van der Waals surface area contributed by atoms with E-state index in [0.717, 1.165) is 16.6 Å². The van der Waals surface area contributed by atoms with E-state index in [9.17, 15) is 14.0 Å². The van der Waals surface area contributed by atoms with Crippen molar-refractivity contribution in [2.45, 2.75) is 6.92 Å². The number of halogens is 1. The molecule has 1 heterocycles. The van der Waals surface area contributed by atoms with E-state index in [4.69, 9.17) is 0 Å². The van der Waals surface area contributed by atoms with Crippen molar-refractivity contribution in [1.29, 1.82) is 0 Å². The molecule has 0 unspecified atom stereocenters. The van der Waals surface area contributed by atoms with Gasteiger partial charge in [0.15, 0.2) is 0 Å². The molecule has 29 heavy (non-hydrogen) atoms. The van der Waals surface area contributed by atoms with Gasteiger partial charge in [0.2, 0.25) is 5.91 Å². The standard InChI is InChI=1S/C22H17FN4O2/c1-13(28)24-17-7-2-14(3-8-17)21-26-19-11-4-15(12-20(19)27-21)22(29)25-18-9-5-16(23)6-10-18/h2-12H,1H3,(H,24,28)(H,25,29)(H,26,27). The Bertz CT molecular complexity index is 1200. The molecule has 0 aliphatic carbocycles. The van der Waals surface area contributed by atoms with Crippen molar-refractivity contribution >= 4 is 34.2 Å². The fourth-order valence-electron chi connectivity index (χ4n) is 2.94. The number of hydrogen-bond donors (Lipinski definition) is 3. The molecule has 4 rings (SSSR count). The molecule has 0 bridgehead atoms. The number of amides is 2. The Hall–Kier alpha value is -4.00. The van der Waals surface area contributed by atoms with E-state index in [-0.39, 0.29) is 17.6 Å². The Morgan fingerprint density at radius 2 is 1.55 bits per heavy atom. The number of rotatable bonds is 4. The average molecular weight is 388 g/mol. The third-order valence-corrected chi connectivity index (χ3v) is 4.32. The lowest BCUT2D eigenvalue weighted by atomic mass is 10.2. The molecule has 0 saturated carbocycles. The number of H-pyrrole nitrogens is 1. The molecule has 3 N–H and O–H groups in total. The molecule has 0 fully saturated rings. The van der Waals surface area contributed by atoms with Gasteiger partial charge in [-0.05, 0) is 66.7 Å². The highest BCUT2D eigenvalue weighted by molar-refractivity contribution is 6.06. The Morgan fingerprint density at radius 3 is 2.24 bits per heavy atom. The molecule has 1 aromatic heterocycles. The van der Waals surface area contributed by atoms with Gasteiger partial charge in [-0.15, -0.1) is 0 Å². The number of nitrogens with one attached hydrogen (secondary N) is 3. The number of benzene rings is 3. The molecule has 0 aliphatic rings. The number of aromatic nitrogens is 2. The number of imidazole rings is 1. The lowest BCUT2D eigenvalue weighted by Crippen LogP contribution is -2.11. The van der Waals surface area contributed by atoms with Crippen molar-refractivity contribution in [1.82, 2.24) is 9.97 Å². The van der Waals surface area contributed by atoms with Gasteiger partial charge >= 0.3 is 0 Å². The van der Waals surface area contributed by atoms with Gasteiger partial charge in [-0.1, -0.05) is 0 Å². The fraction of sp³-hybridized carbons (Fsp3) is 0.0455. The van der Waals surface area contributed by atoms with Gasteiger partial charge < -0.3 is 15.6 Å². The van der Waals surface area contributed by atoms with E-state index in [0.29, 0.717) is 22.8 Å². The maximum Gasteiger partial charge on any atom is 0.255 e. The molecule has 0 atom stereocenters. The first-order valence-electron chi connectivity index (χ1n) is 8.93. The van der Waals surface area contributed by atoms with Crippen LogP contribution in [0.3, 0.4) is 0 Å². The maximum atomic E-state index is 13.0. The van der Waals surface area contributed by atoms with Gasteiger partial charge in [-0.3, -0.25) is 9.59 Å². The van der Waals surface area contributed by atoms with Crippen molar-refractivity contribution in [3.05, 3.63) is 78.1 Å². The largest absolute Gasteiger partial charge is 0.338 e. The first kappa shape index (κ1) is 18.4. The fourth-order valence-corrected chi connectivity index (χ4v) is 2.94. The monoisotopic (exact) mass is 388 g/mol. The Labute approximate surface area is 165 Å². The summed E-state index contributed by atoms with van der Waals surface area (Å²) in [6, 6.07) is 18.1. The SMILES string of the molecule is CC(=O)Nc1ccc(-c2nc3ccc(C(=O)Nc4ccc(F)cc4)cc3[nH]2)cc1. The summed E-state index contributed by atoms with van der Waals surface area (Å²) in [6.07, 6.45) is 0. The third-order valence-electron chi connectivity index (χ3n) is 4.32. The van der Waals surface area contributed by atoms with Crippen LogP contribution in [0.5, 0.6) is 0 Å². The van der Waals surface area contributed by atoms with Crippen molar-refractivity contribution < 1.29 is 14.0 Å². The third kappa shape index (κ3) is 4.14. The number of hydrogen-bond acceptors (Lipinski definition) is 3. The Balaban J connectivity index is 1.56. The van der Waals surface area contributed by atoms with Crippen molar-refractivity contribution in [2.75, 3.05) is 10.6 Å². The second-order valence-corrected chi connectivity index (χ2v) is 6.54. The van der Waals surface area contributed by atoms with E-state index in [2.05, 4.69) is 20.6 Å². The van der Waals surface area contributed by atoms with E-state index in [1.807, 2.05) is 12.1 Å². The maximum absolute atomic E-state index is 13.0. The lowest BCUT2D eigenvalue weighted by Gasteiger charge is -2.05. The van der Waals surface area contributed by atoms with Gasteiger partial charge in [0.25, 0.3) is 5.91 Å². The van der Waals surface area contributed by atoms with Crippen molar-refractivity contribution in [3.8, 4) is 11.4 Å². The lowest BCUT2D eigenvalue weighted by molar-refractivity contribution is -0.114. The van der Waals surface area contributed by atoms with E-state index >= 15 is 0 Å². The van der Waals surface area contributed by atoms with Crippen molar-refractivity contribution in [3.63, 3.8) is 0 Å². The average Bonchev–Trinajstić information content (AvgIpc) is 3.13. The number of nitrogens with zero attached hydrogens (tertiary/aromatic N) is 1. The van der Waals surface area contributed by atoms with Crippen LogP contribution in [0.25, 0.3) is 22.4 Å². The number of carbonyl (C=O) groups is 2. The molecule has 7 heteroatoms. The topological polar surface area (TPSA) is 86.9 Å². The van der Waals surface area contributed by atoms with E-state index in [1.54, 1.807) is 30.3 Å². The van der Waals surface area contributed by atoms with Crippen LogP contribution in [0.2, 0.25) is 0 Å². The number of fused-ring (bicyclic) bond motifs is 1. The zero-order valence-corrected chi connectivity index (χ0v) is 15.5. The molecule has 3 aromatic carbocycles. The van der Waals surface area contributed by atoms with Crippen LogP contribution in [0, 0.1) is 5.82 Å². The molecule has 2 amide bonds. The van der Waals surface area contributed by atoms with Crippen LogP contribution in [0.15, 0.2) is 66.7 Å². The van der Waals surface area contributed by atoms with Gasteiger partial charge in [-0.25, -0.2) is 9.37 Å². The first-order valence-corrected chi connectivity index (χ1v) is 8.93. The Kier molecular flexibility index (Phi) is 4.78. The highest BCUT2D eigenvalue weighted by Crippen LogP contribution is 2.23. The number of anilines is 2. The van der Waals surface area contributed by atoms with Crippen molar-refractivity contribution in [2.24, 2.45) is 0 Å². The Morgan fingerprint density at radius 1 is 0.897 bits per heavy atom. The van der Waals surface area contributed by atoms with Crippen LogP contribution >= 0.6 is 0 Å². The first-order chi connectivity index (χ1) is 14.0. The molecular formula is C22H17FN4O2. The zero-order chi connectivity index (χ0) is 20.4. The van der Waals surface area contributed by atoms with Crippen LogP contribution in [0.4, 0.5) is 15.8 Å². The van der Waals surface area contributed by atoms with Crippen LogP contribution in [0.1, 0.15) is 17.3 Å². The summed E-state index contributed by atoms with van der Waals surface area (Å²) in [4.78, 5) is 31.4. The van der Waals surface area contributed by atoms with Crippen LogP contribution < -0.4 is 10.6 Å². The number of carbonyl (C=O) groups excluding carboxylic acids is 2. The van der Waals surface area contributed by atoms with Gasteiger partial charge in [-0.2, -0.15) is 0 Å². The van der Waals surface area contributed by atoms with Gasteiger partial charge in [0, 0.05) is 29.4 Å². The summed E-state index contributed by atoms with van der Waals surface area (Å²) >= 11 is 0. The molecule has 0 spiro atoms. The quantitative estimate of drug-likeness (QED) is 0.478. The minimum absolute atomic E-state index is 0.132. The summed E-state index contributed by atoms with van der Waals surface area (Å²) in [5, 5.41) is 5.45. The normalized spacial score (nSPS) is 10.7. The molecule has 0 saturated heterocycles. The summed E-state index contributed by atoms with van der Waals surface area (Å²) in [5.41, 5.74) is 3.98.